The minimum atomic E-state index is -3.71. The number of sulfonamides is 1. The fraction of sp³-hybridized carbons (Fsp3) is 0.444. The predicted molar refractivity (Wildman–Crippen MR) is 105 cm³/mol. The number of halogens is 1. The van der Waals surface area contributed by atoms with Crippen LogP contribution in [0, 0.1) is 0 Å². The minimum Gasteiger partial charge on any atom is -0.495 e. The molecule has 0 saturated heterocycles. The number of hydrogen-bond donors (Lipinski definition) is 1. The highest BCUT2D eigenvalue weighted by Gasteiger charge is 2.31. The predicted octanol–water partition coefficient (Wildman–Crippen LogP) is 1.86. The summed E-state index contributed by atoms with van der Waals surface area (Å²) in [7, 11) is -0.397. The average Bonchev–Trinajstić information content (AvgIpc) is 3.01. The maximum atomic E-state index is 13.1. The molecule has 1 N–H and O–H groups in total. The average molecular weight is 427 g/mol. The molecule has 0 radical (unpaired) electrons. The zero-order chi connectivity index (χ0) is 20.5. The molecule has 3 rings (SSSR count). The number of carbonyl (C=O) groups is 1. The number of rotatable bonds is 6. The number of hydrogen-bond acceptors (Lipinski definition) is 5. The molecule has 1 aliphatic rings. The Morgan fingerprint density at radius 3 is 2.79 bits per heavy atom. The van der Waals surface area contributed by atoms with Gasteiger partial charge in [-0.2, -0.15) is 4.31 Å². The van der Waals surface area contributed by atoms with Crippen LogP contribution in [0.4, 0.5) is 0 Å². The number of nitrogens with zero attached hydrogens (tertiary/aromatic N) is 3. The molecule has 0 atom stereocenters. The first-order chi connectivity index (χ1) is 13.3. The van der Waals surface area contributed by atoms with Crippen LogP contribution in [0.15, 0.2) is 23.1 Å². The smallest absolute Gasteiger partial charge is 0.243 e. The van der Waals surface area contributed by atoms with Crippen LogP contribution in [-0.4, -0.2) is 41.8 Å². The fourth-order valence-corrected chi connectivity index (χ4v) is 4.89. The Labute approximate surface area is 169 Å². The lowest BCUT2D eigenvalue weighted by atomic mass is 10.2. The van der Waals surface area contributed by atoms with Crippen LogP contribution < -0.4 is 10.1 Å². The number of nitrogens with one attached hydrogen (secondary N) is 1. The Bertz CT molecular complexity index is 1000. The lowest BCUT2D eigenvalue weighted by Gasteiger charge is -2.26. The molecular weight excluding hydrogens is 404 g/mol. The van der Waals surface area contributed by atoms with Gasteiger partial charge in [0.15, 0.2) is 0 Å². The molecule has 0 saturated carbocycles. The summed E-state index contributed by atoms with van der Waals surface area (Å²) in [6.45, 7) is 2.65. The normalized spacial score (nSPS) is 14.6. The first kappa shape index (κ1) is 20.6. The van der Waals surface area contributed by atoms with Gasteiger partial charge in [-0.25, -0.2) is 13.4 Å². The second-order valence-electron chi connectivity index (χ2n) is 6.50. The van der Waals surface area contributed by atoms with Gasteiger partial charge in [-0.05, 0) is 18.2 Å². The summed E-state index contributed by atoms with van der Waals surface area (Å²) in [4.78, 5) is 16.2. The molecule has 0 aliphatic carbocycles. The van der Waals surface area contributed by atoms with E-state index >= 15 is 0 Å². The monoisotopic (exact) mass is 426 g/mol. The van der Waals surface area contributed by atoms with E-state index in [0.717, 1.165) is 11.4 Å². The van der Waals surface area contributed by atoms with Crippen LogP contribution in [0.5, 0.6) is 5.75 Å². The molecule has 0 bridgehead atoms. The number of fused-ring (bicyclic) bond motifs is 1. The number of ether oxygens (including phenoxy) is 1. The third kappa shape index (κ3) is 3.87. The molecule has 1 aliphatic heterocycles. The van der Waals surface area contributed by atoms with E-state index in [-0.39, 0.29) is 22.4 Å². The minimum absolute atomic E-state index is 0.0541. The van der Waals surface area contributed by atoms with Crippen molar-refractivity contribution in [3.63, 3.8) is 0 Å². The summed E-state index contributed by atoms with van der Waals surface area (Å²) in [5.41, 5.74) is 1.69. The Morgan fingerprint density at radius 2 is 2.14 bits per heavy atom. The van der Waals surface area contributed by atoms with E-state index in [4.69, 9.17) is 16.3 Å². The molecule has 0 fully saturated rings. The van der Waals surface area contributed by atoms with E-state index in [0.29, 0.717) is 37.5 Å². The van der Waals surface area contributed by atoms with E-state index < -0.39 is 10.0 Å². The molecule has 1 aromatic carbocycles. The van der Waals surface area contributed by atoms with E-state index in [1.165, 1.54) is 23.5 Å². The number of methoxy groups -OCH3 is 1. The van der Waals surface area contributed by atoms with Crippen molar-refractivity contribution in [1.29, 1.82) is 0 Å². The Hall–Kier alpha value is -2.10. The van der Waals surface area contributed by atoms with Crippen molar-refractivity contribution in [2.75, 3.05) is 13.7 Å². The summed E-state index contributed by atoms with van der Waals surface area (Å²) in [5.74, 6) is 1.08. The number of carbonyl (C=O) groups excluding carboxylic acids is 1. The van der Waals surface area contributed by atoms with Gasteiger partial charge in [-0.15, -0.1) is 0 Å². The first-order valence-corrected chi connectivity index (χ1v) is 10.7. The van der Waals surface area contributed by atoms with Crippen molar-refractivity contribution < 1.29 is 17.9 Å². The highest BCUT2D eigenvalue weighted by Crippen LogP contribution is 2.30. The Kier molecular flexibility index (Phi) is 5.97. The summed E-state index contributed by atoms with van der Waals surface area (Å²) >= 11 is 6.10. The van der Waals surface area contributed by atoms with E-state index in [1.807, 2.05) is 11.6 Å². The van der Waals surface area contributed by atoms with Crippen LogP contribution in [0.25, 0.3) is 0 Å². The molecule has 0 spiro atoms. The zero-order valence-electron chi connectivity index (χ0n) is 16.0. The zero-order valence-corrected chi connectivity index (χ0v) is 17.6. The lowest BCUT2D eigenvalue weighted by molar-refractivity contribution is -0.120. The van der Waals surface area contributed by atoms with Crippen LogP contribution >= 0.6 is 11.6 Å². The quantitative estimate of drug-likeness (QED) is 0.760. The summed E-state index contributed by atoms with van der Waals surface area (Å²) in [6, 6.07) is 4.44. The van der Waals surface area contributed by atoms with Gasteiger partial charge in [0.1, 0.15) is 11.6 Å². The third-order valence-corrected chi connectivity index (χ3v) is 6.98. The van der Waals surface area contributed by atoms with Crippen molar-refractivity contribution in [3.8, 4) is 5.75 Å². The van der Waals surface area contributed by atoms with Gasteiger partial charge < -0.3 is 14.6 Å². The molecule has 152 valence electrons. The number of aromatic nitrogens is 2. The topological polar surface area (TPSA) is 93.5 Å². The molecule has 2 heterocycles. The van der Waals surface area contributed by atoms with Crippen LogP contribution in [0.2, 0.25) is 5.02 Å². The van der Waals surface area contributed by atoms with Crippen LogP contribution in [0.1, 0.15) is 30.6 Å². The summed E-state index contributed by atoms with van der Waals surface area (Å²) < 4.78 is 34.5. The molecule has 0 unspecified atom stereocenters. The van der Waals surface area contributed by atoms with Crippen LogP contribution in [0.3, 0.4) is 0 Å². The van der Waals surface area contributed by atoms with E-state index in [2.05, 4.69) is 10.3 Å². The van der Waals surface area contributed by atoms with Gasteiger partial charge in [0, 0.05) is 26.4 Å². The van der Waals surface area contributed by atoms with Gasteiger partial charge >= 0.3 is 0 Å². The molecule has 28 heavy (non-hydrogen) atoms. The fourth-order valence-electron chi connectivity index (χ4n) is 3.14. The maximum absolute atomic E-state index is 13.1. The van der Waals surface area contributed by atoms with Gasteiger partial charge in [0.05, 0.1) is 41.5 Å². The van der Waals surface area contributed by atoms with Gasteiger partial charge in [-0.1, -0.05) is 18.5 Å². The second kappa shape index (κ2) is 8.10. The molecule has 8 nitrogen and oxygen atoms in total. The van der Waals surface area contributed by atoms with Gasteiger partial charge in [0.2, 0.25) is 15.9 Å². The summed E-state index contributed by atoms with van der Waals surface area (Å²) in [6.07, 6.45) is 0.911. The van der Waals surface area contributed by atoms with E-state index in [9.17, 15) is 13.2 Å². The van der Waals surface area contributed by atoms with Crippen molar-refractivity contribution >= 4 is 27.5 Å². The number of imidazole rings is 1. The molecule has 1 amide bonds. The van der Waals surface area contributed by atoms with Gasteiger partial charge in [-0.3, -0.25) is 4.79 Å². The van der Waals surface area contributed by atoms with E-state index in [1.54, 1.807) is 13.0 Å². The standard InChI is InChI=1S/C18H23ClN4O4S/c1-4-18(24)20-10-17-21-14-7-8-23(11-15(14)22(17)2)28(25,26)12-5-6-16(27-3)13(19)9-12/h5-6,9H,4,7-8,10-11H2,1-3H3,(H,20,24). The van der Waals surface area contributed by atoms with Gasteiger partial charge in [0.25, 0.3) is 0 Å². The number of amides is 1. The maximum Gasteiger partial charge on any atom is 0.243 e. The molecule has 2 aromatic rings. The molecule has 10 heteroatoms. The lowest BCUT2D eigenvalue weighted by Crippen LogP contribution is -2.36. The third-order valence-electron chi connectivity index (χ3n) is 4.84. The first-order valence-electron chi connectivity index (χ1n) is 8.91. The Morgan fingerprint density at radius 1 is 1.39 bits per heavy atom. The highest BCUT2D eigenvalue weighted by molar-refractivity contribution is 7.89. The Balaban J connectivity index is 1.83. The highest BCUT2D eigenvalue weighted by atomic mass is 35.5. The van der Waals surface area contributed by atoms with Crippen molar-refractivity contribution in [3.05, 3.63) is 40.4 Å². The molecule has 1 aromatic heterocycles. The largest absolute Gasteiger partial charge is 0.495 e. The van der Waals surface area contributed by atoms with Crippen molar-refractivity contribution in [2.45, 2.75) is 37.8 Å². The molecular formula is C18H23ClN4O4S. The SMILES string of the molecule is CCC(=O)NCc1nc2c(n1C)CN(S(=O)(=O)c1ccc(OC)c(Cl)c1)CC2. The second-order valence-corrected chi connectivity index (χ2v) is 8.84. The summed E-state index contributed by atoms with van der Waals surface area (Å²) in [5, 5.41) is 3.05. The van der Waals surface area contributed by atoms with Crippen LogP contribution in [-0.2, 0) is 41.4 Å². The number of benzene rings is 1. The van der Waals surface area contributed by atoms with Crippen molar-refractivity contribution in [1.82, 2.24) is 19.2 Å². The van der Waals surface area contributed by atoms with Crippen molar-refractivity contribution in [2.24, 2.45) is 7.05 Å².